The minimum absolute atomic E-state index is 0.0534. The van der Waals surface area contributed by atoms with E-state index in [0.717, 1.165) is 22.4 Å². The van der Waals surface area contributed by atoms with E-state index in [0.29, 0.717) is 24.4 Å². The molecule has 0 radical (unpaired) electrons. The zero-order chi connectivity index (χ0) is 18.8. The highest BCUT2D eigenvalue weighted by Crippen LogP contribution is 2.28. The van der Waals surface area contributed by atoms with Crippen LogP contribution in [0.2, 0.25) is 0 Å². The van der Waals surface area contributed by atoms with Crippen molar-refractivity contribution in [1.29, 1.82) is 0 Å². The van der Waals surface area contributed by atoms with Crippen LogP contribution in [0.25, 0.3) is 0 Å². The fourth-order valence-corrected chi connectivity index (χ4v) is 3.44. The predicted molar refractivity (Wildman–Crippen MR) is 104 cm³/mol. The number of nitrogens with zero attached hydrogens (tertiary/aromatic N) is 1. The third-order valence-electron chi connectivity index (χ3n) is 4.87. The largest absolute Gasteiger partial charge is 0.324 e. The third-order valence-corrected chi connectivity index (χ3v) is 4.87. The van der Waals surface area contributed by atoms with E-state index in [2.05, 4.69) is 19.2 Å². The summed E-state index contributed by atoms with van der Waals surface area (Å²) < 4.78 is 0. The van der Waals surface area contributed by atoms with Crippen molar-refractivity contribution in [2.24, 2.45) is 5.92 Å². The number of aryl methyl sites for hydroxylation is 2. The number of nitrogens with one attached hydrogen (secondary N) is 1. The van der Waals surface area contributed by atoms with Crippen LogP contribution >= 0.6 is 0 Å². The summed E-state index contributed by atoms with van der Waals surface area (Å²) >= 11 is 0. The summed E-state index contributed by atoms with van der Waals surface area (Å²) in [5, 5.41) is 3.05. The van der Waals surface area contributed by atoms with Gasteiger partial charge in [0.1, 0.15) is 6.04 Å². The third kappa shape index (κ3) is 3.64. The van der Waals surface area contributed by atoms with Crippen LogP contribution in [0.15, 0.2) is 42.5 Å². The Morgan fingerprint density at radius 1 is 1.15 bits per heavy atom. The van der Waals surface area contributed by atoms with E-state index in [1.807, 2.05) is 56.3 Å². The Labute approximate surface area is 155 Å². The highest BCUT2D eigenvalue weighted by molar-refractivity contribution is 6.03. The summed E-state index contributed by atoms with van der Waals surface area (Å²) in [6.07, 6.45) is 0.635. The molecule has 4 heteroatoms. The fraction of sp³-hybridized carbons (Fsp3) is 0.364. The van der Waals surface area contributed by atoms with Crippen LogP contribution in [0.1, 0.15) is 47.3 Å². The molecule has 0 aromatic heterocycles. The predicted octanol–water partition coefficient (Wildman–Crippen LogP) is 4.31. The molecule has 3 rings (SSSR count). The first-order valence-corrected chi connectivity index (χ1v) is 9.14. The summed E-state index contributed by atoms with van der Waals surface area (Å²) in [6.45, 7) is 8.62. The lowest BCUT2D eigenvalue weighted by atomic mass is 10.0. The number of rotatable bonds is 5. The van der Waals surface area contributed by atoms with Crippen molar-refractivity contribution in [1.82, 2.24) is 4.90 Å². The molecule has 4 nitrogen and oxygen atoms in total. The van der Waals surface area contributed by atoms with E-state index in [-0.39, 0.29) is 11.8 Å². The second kappa shape index (κ2) is 7.32. The zero-order valence-electron chi connectivity index (χ0n) is 15.9. The lowest BCUT2D eigenvalue weighted by molar-refractivity contribution is -0.121. The molecule has 1 aliphatic heterocycles. The van der Waals surface area contributed by atoms with Gasteiger partial charge in [-0.2, -0.15) is 0 Å². The number of carbonyl (C=O) groups is 2. The van der Waals surface area contributed by atoms with Crippen molar-refractivity contribution in [3.05, 3.63) is 64.7 Å². The molecule has 1 heterocycles. The van der Waals surface area contributed by atoms with E-state index < -0.39 is 6.04 Å². The SMILES string of the molecule is Cc1ccc(C)c(NC(=O)[C@H](CC(C)C)N2Cc3ccccc3C2=O)c1. The molecule has 0 saturated carbocycles. The van der Waals surface area contributed by atoms with Gasteiger partial charge in [-0.15, -0.1) is 0 Å². The number of benzene rings is 2. The van der Waals surface area contributed by atoms with Gasteiger partial charge >= 0.3 is 0 Å². The van der Waals surface area contributed by atoms with Gasteiger partial charge in [-0.05, 0) is 55.0 Å². The monoisotopic (exact) mass is 350 g/mol. The molecule has 0 aliphatic carbocycles. The first-order valence-electron chi connectivity index (χ1n) is 9.14. The normalized spacial score (nSPS) is 14.5. The molecule has 0 saturated heterocycles. The maximum absolute atomic E-state index is 13.1. The molecule has 0 fully saturated rings. The van der Waals surface area contributed by atoms with Gasteiger partial charge < -0.3 is 10.2 Å². The van der Waals surface area contributed by atoms with Gasteiger partial charge in [-0.25, -0.2) is 0 Å². The van der Waals surface area contributed by atoms with E-state index in [1.165, 1.54) is 0 Å². The Kier molecular flexibility index (Phi) is 5.12. The van der Waals surface area contributed by atoms with Crippen LogP contribution < -0.4 is 5.32 Å². The lowest BCUT2D eigenvalue weighted by Crippen LogP contribution is -2.45. The molecular weight excluding hydrogens is 324 g/mol. The van der Waals surface area contributed by atoms with Crippen molar-refractivity contribution < 1.29 is 9.59 Å². The van der Waals surface area contributed by atoms with Crippen LogP contribution in [0, 0.1) is 19.8 Å². The number of amides is 2. The van der Waals surface area contributed by atoms with Crippen molar-refractivity contribution in [2.45, 2.75) is 46.7 Å². The standard InChI is InChI=1S/C22H26N2O2/c1-14(2)11-20(21(25)23-19-12-15(3)9-10-16(19)4)24-13-17-7-5-6-8-18(17)22(24)26/h5-10,12,14,20H,11,13H2,1-4H3,(H,23,25)/t20-/m0/s1. The number of fused-ring (bicyclic) bond motifs is 1. The summed E-state index contributed by atoms with van der Waals surface area (Å²) in [4.78, 5) is 27.6. The van der Waals surface area contributed by atoms with Crippen LogP contribution in [0.4, 0.5) is 5.69 Å². The molecule has 2 aromatic rings. The maximum Gasteiger partial charge on any atom is 0.255 e. The highest BCUT2D eigenvalue weighted by atomic mass is 16.2. The first-order chi connectivity index (χ1) is 12.4. The molecule has 1 atom stereocenters. The van der Waals surface area contributed by atoms with Gasteiger partial charge in [0.2, 0.25) is 5.91 Å². The Morgan fingerprint density at radius 2 is 1.88 bits per heavy atom. The summed E-state index contributed by atoms with van der Waals surface area (Å²) in [5.41, 5.74) is 4.62. The van der Waals surface area contributed by atoms with Gasteiger partial charge in [0.05, 0.1) is 0 Å². The average molecular weight is 350 g/mol. The smallest absolute Gasteiger partial charge is 0.255 e. The summed E-state index contributed by atoms with van der Waals surface area (Å²) in [7, 11) is 0. The molecule has 2 amide bonds. The van der Waals surface area contributed by atoms with Crippen LogP contribution in [-0.2, 0) is 11.3 Å². The van der Waals surface area contributed by atoms with Gasteiger partial charge in [0, 0.05) is 17.8 Å². The molecule has 26 heavy (non-hydrogen) atoms. The highest BCUT2D eigenvalue weighted by Gasteiger charge is 2.36. The minimum atomic E-state index is -0.477. The quantitative estimate of drug-likeness (QED) is 0.873. The van der Waals surface area contributed by atoms with Crippen LogP contribution in [0.3, 0.4) is 0 Å². The molecule has 0 spiro atoms. The van der Waals surface area contributed by atoms with Crippen molar-refractivity contribution >= 4 is 17.5 Å². The maximum atomic E-state index is 13.1. The van der Waals surface area contributed by atoms with E-state index in [9.17, 15) is 9.59 Å². The number of hydrogen-bond acceptors (Lipinski definition) is 2. The van der Waals surface area contributed by atoms with Gasteiger partial charge in [-0.1, -0.05) is 44.2 Å². The zero-order valence-corrected chi connectivity index (χ0v) is 15.9. The second-order valence-electron chi connectivity index (χ2n) is 7.54. The molecule has 136 valence electrons. The molecule has 1 aliphatic rings. The number of carbonyl (C=O) groups excluding carboxylic acids is 2. The van der Waals surface area contributed by atoms with Gasteiger partial charge in [0.15, 0.2) is 0 Å². The topological polar surface area (TPSA) is 49.4 Å². The van der Waals surface area contributed by atoms with Crippen molar-refractivity contribution in [3.63, 3.8) is 0 Å². The molecule has 0 bridgehead atoms. The van der Waals surface area contributed by atoms with Crippen LogP contribution in [0.5, 0.6) is 0 Å². The minimum Gasteiger partial charge on any atom is -0.324 e. The van der Waals surface area contributed by atoms with Crippen LogP contribution in [-0.4, -0.2) is 22.8 Å². The molecule has 2 aromatic carbocycles. The number of hydrogen-bond donors (Lipinski definition) is 1. The Hall–Kier alpha value is -2.62. The summed E-state index contributed by atoms with van der Waals surface area (Å²) in [5.74, 6) is 0.136. The Bertz CT molecular complexity index is 842. The fourth-order valence-electron chi connectivity index (χ4n) is 3.44. The Morgan fingerprint density at radius 3 is 2.58 bits per heavy atom. The van der Waals surface area contributed by atoms with E-state index in [4.69, 9.17) is 0 Å². The van der Waals surface area contributed by atoms with Gasteiger partial charge in [0.25, 0.3) is 5.91 Å². The molecular formula is C22H26N2O2. The van der Waals surface area contributed by atoms with E-state index >= 15 is 0 Å². The van der Waals surface area contributed by atoms with Crippen molar-refractivity contribution in [3.8, 4) is 0 Å². The second-order valence-corrected chi connectivity index (χ2v) is 7.54. The molecule has 1 N–H and O–H groups in total. The average Bonchev–Trinajstić information content (AvgIpc) is 2.93. The summed E-state index contributed by atoms with van der Waals surface area (Å²) in [6, 6.07) is 13.1. The van der Waals surface area contributed by atoms with Gasteiger partial charge in [-0.3, -0.25) is 9.59 Å². The van der Waals surface area contributed by atoms with Crippen molar-refractivity contribution in [2.75, 3.05) is 5.32 Å². The lowest BCUT2D eigenvalue weighted by Gasteiger charge is -2.28. The Balaban J connectivity index is 1.86. The molecule has 0 unspecified atom stereocenters. The number of anilines is 1. The first kappa shape index (κ1) is 18.2. The van der Waals surface area contributed by atoms with E-state index in [1.54, 1.807) is 4.90 Å².